The highest BCUT2D eigenvalue weighted by Gasteiger charge is 2.27. The Morgan fingerprint density at radius 2 is 1.54 bits per heavy atom. The molecular weight excluding hydrogens is 362 g/mol. The van der Waals surface area contributed by atoms with Gasteiger partial charge in [-0.25, -0.2) is 4.79 Å². The minimum atomic E-state index is -3.63. The molecule has 144 valence electrons. The van der Waals surface area contributed by atoms with Crippen molar-refractivity contribution >= 4 is 26.3 Å². The van der Waals surface area contributed by atoms with Crippen molar-refractivity contribution in [2.75, 3.05) is 25.7 Å². The van der Waals surface area contributed by atoms with Gasteiger partial charge in [-0.15, -0.1) is 0 Å². The highest BCUT2D eigenvalue weighted by atomic mass is 32.2. The fourth-order valence-electron chi connectivity index (χ4n) is 2.37. The summed E-state index contributed by atoms with van der Waals surface area (Å²) in [5.74, 6) is -0.492. The second-order valence-corrected chi connectivity index (χ2v) is 9.99. The van der Waals surface area contributed by atoms with Crippen LogP contribution in [0.4, 0.5) is 4.79 Å². The van der Waals surface area contributed by atoms with Crippen molar-refractivity contribution in [3.63, 3.8) is 0 Å². The minimum Gasteiger partial charge on any atom is -0.465 e. The fraction of sp³-hybridized carbons (Fsp3) is 0.923. The third-order valence-electron chi connectivity index (χ3n) is 3.06. The lowest BCUT2D eigenvalue weighted by Gasteiger charge is -2.30. The van der Waals surface area contributed by atoms with Gasteiger partial charge in [-0.3, -0.25) is 8.37 Å². The van der Waals surface area contributed by atoms with Crippen LogP contribution >= 0.6 is 0 Å². The summed E-state index contributed by atoms with van der Waals surface area (Å²) in [6.07, 6.45) is 1.43. The molecule has 0 radical (unpaired) electrons. The molecular formula is C13H27NO8S2. The number of hydrogen-bond donors (Lipinski definition) is 2. The summed E-state index contributed by atoms with van der Waals surface area (Å²) in [4.78, 5) is 10.8. The first-order valence-electron chi connectivity index (χ1n) is 7.29. The van der Waals surface area contributed by atoms with Crippen molar-refractivity contribution in [1.29, 1.82) is 0 Å². The number of carbonyl (C=O) groups is 1. The number of amides is 1. The Kier molecular flexibility index (Phi) is 8.63. The molecule has 0 aliphatic carbocycles. The molecule has 0 heterocycles. The Bertz CT molecular complexity index is 612. The Labute approximate surface area is 144 Å². The first-order chi connectivity index (χ1) is 10.6. The van der Waals surface area contributed by atoms with E-state index in [2.05, 4.69) is 5.32 Å². The van der Waals surface area contributed by atoms with Crippen molar-refractivity contribution < 1.29 is 35.1 Å². The summed E-state index contributed by atoms with van der Waals surface area (Å²) in [5.41, 5.74) is -0.797. The van der Waals surface area contributed by atoms with Crippen LogP contribution in [0.25, 0.3) is 0 Å². The number of hydrogen-bond acceptors (Lipinski definition) is 7. The van der Waals surface area contributed by atoms with E-state index < -0.39 is 31.9 Å². The molecule has 2 atom stereocenters. The average Bonchev–Trinajstić information content (AvgIpc) is 2.29. The molecule has 0 aliphatic rings. The molecule has 0 rings (SSSR count). The van der Waals surface area contributed by atoms with Gasteiger partial charge in [0.1, 0.15) is 0 Å². The van der Waals surface area contributed by atoms with Crippen LogP contribution in [0.5, 0.6) is 0 Å². The zero-order valence-corrected chi connectivity index (χ0v) is 16.2. The van der Waals surface area contributed by atoms with Crippen molar-refractivity contribution in [2.24, 2.45) is 11.8 Å². The third kappa shape index (κ3) is 13.5. The Morgan fingerprint density at radius 3 is 1.96 bits per heavy atom. The third-order valence-corrected chi connectivity index (χ3v) is 4.19. The largest absolute Gasteiger partial charge is 0.465 e. The Balaban J connectivity index is 4.88. The first-order valence-corrected chi connectivity index (χ1v) is 10.9. The van der Waals surface area contributed by atoms with E-state index in [0.717, 1.165) is 12.5 Å². The highest BCUT2D eigenvalue weighted by molar-refractivity contribution is 7.86. The zero-order valence-electron chi connectivity index (χ0n) is 14.6. The van der Waals surface area contributed by atoms with Crippen LogP contribution in [-0.4, -0.2) is 59.3 Å². The van der Waals surface area contributed by atoms with E-state index in [1.165, 1.54) is 0 Å². The summed E-state index contributed by atoms with van der Waals surface area (Å²) in [6.45, 7) is 4.95. The molecule has 0 saturated carbocycles. The first kappa shape index (κ1) is 23.1. The Hall–Kier alpha value is -0.910. The van der Waals surface area contributed by atoms with Crippen molar-refractivity contribution in [3.05, 3.63) is 0 Å². The Morgan fingerprint density at radius 1 is 1.08 bits per heavy atom. The molecule has 24 heavy (non-hydrogen) atoms. The van der Waals surface area contributed by atoms with Gasteiger partial charge in [-0.05, 0) is 38.5 Å². The molecule has 0 aliphatic heterocycles. The van der Waals surface area contributed by atoms with Crippen molar-refractivity contribution in [1.82, 2.24) is 5.32 Å². The summed E-state index contributed by atoms with van der Waals surface area (Å²) in [7, 11) is -7.19. The van der Waals surface area contributed by atoms with E-state index in [9.17, 15) is 21.6 Å². The summed E-state index contributed by atoms with van der Waals surface area (Å²) in [6, 6.07) is 0. The van der Waals surface area contributed by atoms with Gasteiger partial charge in [0.05, 0.1) is 25.7 Å². The summed E-state index contributed by atoms with van der Waals surface area (Å²) < 4.78 is 54.0. The molecule has 1 unspecified atom stereocenters. The standard InChI is InChI=1S/C13H27NO8S2/c1-10(8-21-23(4,17)18)6-11(9-22-24(5,19)20)7-13(2,3)14-12(15)16/h10-11,14H,6-9H2,1-5H3,(H,15,16)/t10?,11-/m1/s1. The molecule has 0 spiro atoms. The van der Waals surface area contributed by atoms with Crippen LogP contribution in [0.15, 0.2) is 0 Å². The summed E-state index contributed by atoms with van der Waals surface area (Å²) >= 11 is 0. The number of rotatable bonds is 11. The van der Waals surface area contributed by atoms with Gasteiger partial charge in [0.15, 0.2) is 0 Å². The minimum absolute atomic E-state index is 0.0407. The molecule has 11 heteroatoms. The summed E-state index contributed by atoms with van der Waals surface area (Å²) in [5, 5.41) is 11.2. The van der Waals surface area contributed by atoms with Gasteiger partial charge in [0, 0.05) is 5.54 Å². The predicted octanol–water partition coefficient (Wildman–Crippen LogP) is 1.02. The van der Waals surface area contributed by atoms with E-state index in [0.29, 0.717) is 12.8 Å². The molecule has 9 nitrogen and oxygen atoms in total. The maximum atomic E-state index is 11.2. The predicted molar refractivity (Wildman–Crippen MR) is 88.7 cm³/mol. The van der Waals surface area contributed by atoms with Crippen molar-refractivity contribution in [2.45, 2.75) is 39.2 Å². The van der Waals surface area contributed by atoms with Crippen LogP contribution in [0.1, 0.15) is 33.6 Å². The van der Waals surface area contributed by atoms with Crippen LogP contribution < -0.4 is 5.32 Å². The van der Waals surface area contributed by atoms with Gasteiger partial charge in [-0.2, -0.15) is 16.8 Å². The average molecular weight is 389 g/mol. The molecule has 0 bridgehead atoms. The quantitative estimate of drug-likeness (QED) is 0.500. The molecule has 0 saturated heterocycles. The van der Waals surface area contributed by atoms with E-state index in [-0.39, 0.29) is 25.0 Å². The van der Waals surface area contributed by atoms with Gasteiger partial charge in [-0.1, -0.05) is 6.92 Å². The van der Waals surface area contributed by atoms with Gasteiger partial charge in [0.25, 0.3) is 20.2 Å². The fourth-order valence-corrected chi connectivity index (χ4v) is 3.29. The van der Waals surface area contributed by atoms with Crippen LogP contribution in [0.3, 0.4) is 0 Å². The molecule has 0 aromatic heterocycles. The molecule has 0 aromatic rings. The second-order valence-electron chi connectivity index (χ2n) is 6.70. The monoisotopic (exact) mass is 389 g/mol. The number of nitrogens with one attached hydrogen (secondary N) is 1. The lowest BCUT2D eigenvalue weighted by molar-refractivity contribution is 0.150. The second kappa shape index (κ2) is 8.97. The van der Waals surface area contributed by atoms with Gasteiger partial charge < -0.3 is 10.4 Å². The lowest BCUT2D eigenvalue weighted by Crippen LogP contribution is -2.44. The number of carboxylic acid groups (broad SMARTS) is 1. The normalized spacial score (nSPS) is 15.7. The van der Waals surface area contributed by atoms with Crippen LogP contribution in [0.2, 0.25) is 0 Å². The highest BCUT2D eigenvalue weighted by Crippen LogP contribution is 2.24. The van der Waals surface area contributed by atoms with Crippen LogP contribution in [0, 0.1) is 11.8 Å². The molecule has 2 N–H and O–H groups in total. The zero-order chi connectivity index (χ0) is 19.2. The van der Waals surface area contributed by atoms with E-state index in [1.807, 2.05) is 0 Å². The molecule has 0 aromatic carbocycles. The maximum Gasteiger partial charge on any atom is 0.405 e. The van der Waals surface area contributed by atoms with Crippen LogP contribution in [-0.2, 0) is 28.6 Å². The lowest BCUT2D eigenvalue weighted by atomic mass is 9.85. The molecule has 1 amide bonds. The van der Waals surface area contributed by atoms with E-state index in [4.69, 9.17) is 13.5 Å². The molecule has 0 fully saturated rings. The van der Waals surface area contributed by atoms with E-state index in [1.54, 1.807) is 20.8 Å². The van der Waals surface area contributed by atoms with Gasteiger partial charge >= 0.3 is 6.09 Å². The SMILES string of the molecule is CC(COS(C)(=O)=O)C[C@@H](COS(C)(=O)=O)CC(C)(C)NC(=O)O. The van der Waals surface area contributed by atoms with Gasteiger partial charge in [0.2, 0.25) is 0 Å². The smallest absolute Gasteiger partial charge is 0.405 e. The maximum absolute atomic E-state index is 11.2. The van der Waals surface area contributed by atoms with Crippen molar-refractivity contribution in [3.8, 4) is 0 Å². The van der Waals surface area contributed by atoms with E-state index >= 15 is 0 Å². The topological polar surface area (TPSA) is 136 Å².